The van der Waals surface area contributed by atoms with Gasteiger partial charge in [-0.3, -0.25) is 0 Å². The molecule has 0 amide bonds. The van der Waals surface area contributed by atoms with Gasteiger partial charge in [-0.1, -0.05) is 26.7 Å². The Kier molecular flexibility index (Phi) is 5.64. The minimum absolute atomic E-state index is 0.460. The van der Waals surface area contributed by atoms with Crippen molar-refractivity contribution in [1.82, 2.24) is 9.97 Å². The predicted octanol–water partition coefficient (Wildman–Crippen LogP) is 4.44. The Balaban J connectivity index is 2.02. The number of nitrogens with one attached hydrogen (secondary N) is 2. The Labute approximate surface area is 130 Å². The van der Waals surface area contributed by atoms with E-state index in [1.165, 1.54) is 32.1 Å². The van der Waals surface area contributed by atoms with Gasteiger partial charge in [0.05, 0.1) is 0 Å². The van der Waals surface area contributed by atoms with Crippen LogP contribution in [0.1, 0.15) is 52.4 Å². The van der Waals surface area contributed by atoms with E-state index in [9.17, 15) is 0 Å². The third-order valence-corrected chi connectivity index (χ3v) is 5.13. The van der Waals surface area contributed by atoms with Crippen molar-refractivity contribution in [2.24, 2.45) is 5.41 Å². The summed E-state index contributed by atoms with van der Waals surface area (Å²) in [4.78, 5) is 8.65. The van der Waals surface area contributed by atoms with Crippen molar-refractivity contribution in [3.63, 3.8) is 0 Å². The van der Waals surface area contributed by atoms with Crippen LogP contribution in [0.3, 0.4) is 0 Å². The molecule has 1 fully saturated rings. The summed E-state index contributed by atoms with van der Waals surface area (Å²) in [6.07, 6.45) is 9.34. The maximum atomic E-state index is 4.36. The van der Waals surface area contributed by atoms with Crippen molar-refractivity contribution in [2.45, 2.75) is 52.4 Å². The van der Waals surface area contributed by atoms with E-state index < -0.39 is 0 Å². The first-order valence-electron chi connectivity index (χ1n) is 7.69. The molecule has 0 atom stereocenters. The second-order valence-corrected chi connectivity index (χ2v) is 6.52. The van der Waals surface area contributed by atoms with E-state index in [2.05, 4.69) is 50.4 Å². The number of rotatable bonds is 7. The number of hydrogen-bond acceptors (Lipinski definition) is 4. The molecule has 2 rings (SSSR count). The molecule has 1 heterocycles. The summed E-state index contributed by atoms with van der Waals surface area (Å²) >= 11 is 3.61. The first kappa shape index (κ1) is 15.5. The van der Waals surface area contributed by atoms with E-state index in [4.69, 9.17) is 0 Å². The molecule has 5 heteroatoms. The Morgan fingerprint density at radius 3 is 2.40 bits per heavy atom. The minimum atomic E-state index is 0.460. The highest BCUT2D eigenvalue weighted by Crippen LogP contribution is 2.41. The van der Waals surface area contributed by atoms with Gasteiger partial charge in [0.15, 0.2) is 0 Å². The molecule has 0 spiro atoms. The molecule has 0 saturated heterocycles. The average molecular weight is 341 g/mol. The van der Waals surface area contributed by atoms with Crippen LogP contribution in [-0.4, -0.2) is 23.1 Å². The summed E-state index contributed by atoms with van der Waals surface area (Å²) in [7, 11) is 0. The lowest BCUT2D eigenvalue weighted by Crippen LogP contribution is -2.26. The second kappa shape index (κ2) is 7.25. The maximum absolute atomic E-state index is 4.36. The van der Waals surface area contributed by atoms with Gasteiger partial charge in [0, 0.05) is 13.1 Å². The lowest BCUT2D eigenvalue weighted by atomic mass is 9.83. The molecule has 4 nitrogen and oxygen atoms in total. The number of hydrogen-bond donors (Lipinski definition) is 2. The molecule has 0 bridgehead atoms. The lowest BCUT2D eigenvalue weighted by Gasteiger charge is -2.28. The van der Waals surface area contributed by atoms with Crippen molar-refractivity contribution >= 4 is 27.6 Å². The summed E-state index contributed by atoms with van der Waals surface area (Å²) in [5.74, 6) is 1.78. The van der Waals surface area contributed by atoms with Gasteiger partial charge in [-0.25, -0.2) is 9.97 Å². The molecule has 112 valence electrons. The molecule has 20 heavy (non-hydrogen) atoms. The number of aromatic nitrogens is 2. The second-order valence-electron chi connectivity index (χ2n) is 5.73. The van der Waals surface area contributed by atoms with Gasteiger partial charge < -0.3 is 10.6 Å². The first-order chi connectivity index (χ1) is 9.71. The molecular weight excluding hydrogens is 316 g/mol. The molecule has 1 aliphatic rings. The number of halogens is 1. The fourth-order valence-electron chi connectivity index (χ4n) is 2.91. The number of anilines is 2. The van der Waals surface area contributed by atoms with Crippen LogP contribution in [0.2, 0.25) is 0 Å². The Morgan fingerprint density at radius 1 is 1.15 bits per heavy atom. The van der Waals surface area contributed by atoms with Crippen molar-refractivity contribution < 1.29 is 0 Å². The fourth-order valence-corrected chi connectivity index (χ4v) is 3.40. The molecular formula is C15H25BrN4. The Bertz CT molecular complexity index is 430. The van der Waals surface area contributed by atoms with Crippen molar-refractivity contribution in [1.29, 1.82) is 0 Å². The van der Waals surface area contributed by atoms with E-state index >= 15 is 0 Å². The van der Waals surface area contributed by atoms with Crippen LogP contribution in [-0.2, 0) is 0 Å². The fraction of sp³-hybridized carbons (Fsp3) is 0.733. The summed E-state index contributed by atoms with van der Waals surface area (Å²) in [6, 6.07) is 0. The summed E-state index contributed by atoms with van der Waals surface area (Å²) in [5, 5.41) is 6.84. The highest BCUT2D eigenvalue weighted by atomic mass is 79.9. The van der Waals surface area contributed by atoms with Gasteiger partial charge in [-0.2, -0.15) is 0 Å². The topological polar surface area (TPSA) is 49.8 Å². The van der Waals surface area contributed by atoms with Crippen LogP contribution in [0, 0.1) is 5.41 Å². The van der Waals surface area contributed by atoms with Crippen molar-refractivity contribution in [3.05, 3.63) is 10.8 Å². The van der Waals surface area contributed by atoms with Gasteiger partial charge in [0.2, 0.25) is 0 Å². The van der Waals surface area contributed by atoms with Gasteiger partial charge in [-0.05, 0) is 47.0 Å². The zero-order chi connectivity index (χ0) is 14.4. The Morgan fingerprint density at radius 2 is 1.80 bits per heavy atom. The van der Waals surface area contributed by atoms with E-state index in [1.54, 1.807) is 6.33 Å². The van der Waals surface area contributed by atoms with Gasteiger partial charge >= 0.3 is 0 Å². The van der Waals surface area contributed by atoms with E-state index in [1.807, 2.05) is 0 Å². The Hall–Kier alpha value is -0.840. The SMILES string of the molecule is CCCNc1ncnc(NCC2(CC)CCCC2)c1Br. The molecule has 1 aromatic heterocycles. The first-order valence-corrected chi connectivity index (χ1v) is 8.48. The summed E-state index contributed by atoms with van der Waals surface area (Å²) < 4.78 is 0.942. The highest BCUT2D eigenvalue weighted by molar-refractivity contribution is 9.10. The monoisotopic (exact) mass is 340 g/mol. The highest BCUT2D eigenvalue weighted by Gasteiger charge is 2.31. The molecule has 0 aromatic carbocycles. The van der Waals surface area contributed by atoms with Crippen LogP contribution in [0.5, 0.6) is 0 Å². The third kappa shape index (κ3) is 3.62. The third-order valence-electron chi connectivity index (χ3n) is 4.38. The predicted molar refractivity (Wildman–Crippen MR) is 88.2 cm³/mol. The molecule has 0 aliphatic heterocycles. The van der Waals surface area contributed by atoms with Gasteiger partial charge in [0.1, 0.15) is 22.4 Å². The van der Waals surface area contributed by atoms with Crippen molar-refractivity contribution in [2.75, 3.05) is 23.7 Å². The van der Waals surface area contributed by atoms with Crippen molar-refractivity contribution in [3.8, 4) is 0 Å². The molecule has 0 radical (unpaired) electrons. The van der Waals surface area contributed by atoms with Crippen LogP contribution >= 0.6 is 15.9 Å². The largest absolute Gasteiger partial charge is 0.369 e. The minimum Gasteiger partial charge on any atom is -0.369 e. The van der Waals surface area contributed by atoms with Crippen LogP contribution < -0.4 is 10.6 Å². The van der Waals surface area contributed by atoms with Crippen LogP contribution in [0.4, 0.5) is 11.6 Å². The van der Waals surface area contributed by atoms with Gasteiger partial charge in [0.25, 0.3) is 0 Å². The summed E-state index contributed by atoms with van der Waals surface area (Å²) in [6.45, 7) is 6.38. The van der Waals surface area contributed by atoms with Crippen LogP contribution in [0.25, 0.3) is 0 Å². The summed E-state index contributed by atoms with van der Waals surface area (Å²) in [5.41, 5.74) is 0.460. The molecule has 1 saturated carbocycles. The smallest absolute Gasteiger partial charge is 0.145 e. The van der Waals surface area contributed by atoms with Crippen LogP contribution in [0.15, 0.2) is 10.8 Å². The molecule has 2 N–H and O–H groups in total. The zero-order valence-electron chi connectivity index (χ0n) is 12.5. The van der Waals surface area contributed by atoms with Gasteiger partial charge in [-0.15, -0.1) is 0 Å². The zero-order valence-corrected chi connectivity index (χ0v) is 14.1. The standard InChI is InChI=1S/C15H25BrN4/c1-3-9-17-13-12(16)14(20-11-19-13)18-10-15(4-2)7-5-6-8-15/h11H,3-10H2,1-2H3,(H2,17,18,19,20). The average Bonchev–Trinajstić information content (AvgIpc) is 2.94. The van der Waals surface area contributed by atoms with E-state index in [-0.39, 0.29) is 0 Å². The maximum Gasteiger partial charge on any atom is 0.145 e. The lowest BCUT2D eigenvalue weighted by molar-refractivity contribution is 0.306. The van der Waals surface area contributed by atoms with E-state index in [0.717, 1.165) is 35.6 Å². The molecule has 1 aliphatic carbocycles. The molecule has 1 aromatic rings. The number of nitrogens with zero attached hydrogens (tertiary/aromatic N) is 2. The quantitative estimate of drug-likeness (QED) is 0.770. The normalized spacial score (nSPS) is 17.1. The molecule has 0 unspecified atom stereocenters. The van der Waals surface area contributed by atoms with E-state index in [0.29, 0.717) is 5.41 Å².